The first-order valence-corrected chi connectivity index (χ1v) is 11.5. The molecular weight excluding hydrogens is 378 g/mol. The second kappa shape index (κ2) is 9.89. The maximum Gasteiger partial charge on any atom is 0.191 e. The Morgan fingerprint density at radius 1 is 1.26 bits per heavy atom. The van der Waals surface area contributed by atoms with Crippen molar-refractivity contribution in [1.82, 2.24) is 15.5 Å². The molecule has 150 valence electrons. The summed E-state index contributed by atoms with van der Waals surface area (Å²) in [6.45, 7) is 4.92. The summed E-state index contributed by atoms with van der Waals surface area (Å²) in [5.74, 6) is 0.867. The molecule has 0 bridgehead atoms. The first-order valence-electron chi connectivity index (χ1n) is 9.81. The Balaban J connectivity index is 1.63. The second-order valence-electron chi connectivity index (χ2n) is 7.47. The molecule has 2 unspecified atom stereocenters. The van der Waals surface area contributed by atoms with Crippen LogP contribution in [0.15, 0.2) is 23.2 Å². The largest absolute Gasteiger partial charge is 0.369 e. The summed E-state index contributed by atoms with van der Waals surface area (Å²) in [4.78, 5) is 9.24. The number of benzene rings is 1. The third kappa shape index (κ3) is 5.46. The molecule has 0 spiro atoms. The predicted octanol–water partition coefficient (Wildman–Crippen LogP) is 3.04. The van der Waals surface area contributed by atoms with Crippen molar-refractivity contribution < 1.29 is 0 Å². The Morgan fingerprint density at radius 2 is 2.04 bits per heavy atom. The zero-order valence-corrected chi connectivity index (χ0v) is 18.2. The van der Waals surface area contributed by atoms with E-state index < -0.39 is 0 Å². The topological polar surface area (TPSA) is 42.9 Å². The van der Waals surface area contributed by atoms with Crippen LogP contribution in [0, 0.1) is 0 Å². The van der Waals surface area contributed by atoms with Gasteiger partial charge in [-0.25, -0.2) is 0 Å². The molecule has 2 aliphatic rings. The molecule has 2 fully saturated rings. The molecule has 2 atom stereocenters. The highest BCUT2D eigenvalue weighted by atomic mass is 35.5. The lowest BCUT2D eigenvalue weighted by Gasteiger charge is -2.35. The van der Waals surface area contributed by atoms with Crippen LogP contribution in [0.2, 0.25) is 5.02 Å². The van der Waals surface area contributed by atoms with Crippen molar-refractivity contribution in [1.29, 1.82) is 0 Å². The van der Waals surface area contributed by atoms with Crippen molar-refractivity contribution in [3.8, 4) is 0 Å². The molecule has 5 nitrogen and oxygen atoms in total. The molecule has 1 aromatic rings. The van der Waals surface area contributed by atoms with Crippen molar-refractivity contribution in [2.75, 3.05) is 51.4 Å². The second-order valence-corrected chi connectivity index (χ2v) is 9.01. The number of hydrogen-bond acceptors (Lipinski definition) is 4. The third-order valence-electron chi connectivity index (χ3n) is 5.65. The standard InChI is InChI=1S/C20H32ClN5S/c1-22-20(24-15-7-8-16(13-15)27-3)23-14-17-18(21)5-4-6-19(17)26-11-9-25(2)10-12-26/h4-6,15-16H,7-14H2,1-3H3,(H2,22,23,24). The molecule has 1 aliphatic carbocycles. The third-order valence-corrected chi connectivity index (χ3v) is 7.10. The number of nitrogens with one attached hydrogen (secondary N) is 2. The van der Waals surface area contributed by atoms with Crippen LogP contribution in [-0.4, -0.2) is 68.7 Å². The zero-order valence-electron chi connectivity index (χ0n) is 16.7. The molecule has 1 saturated heterocycles. The summed E-state index contributed by atoms with van der Waals surface area (Å²) in [5.41, 5.74) is 2.39. The lowest BCUT2D eigenvalue weighted by atomic mass is 10.1. The number of guanidine groups is 1. The minimum absolute atomic E-state index is 0.511. The quantitative estimate of drug-likeness (QED) is 0.578. The fraction of sp³-hybridized carbons (Fsp3) is 0.650. The Kier molecular flexibility index (Phi) is 7.56. The van der Waals surface area contributed by atoms with E-state index >= 15 is 0 Å². The number of rotatable bonds is 5. The fourth-order valence-corrected chi connectivity index (χ4v) is 4.94. The van der Waals surface area contributed by atoms with Crippen LogP contribution in [0.4, 0.5) is 5.69 Å². The molecule has 0 aromatic heterocycles. The highest BCUT2D eigenvalue weighted by Gasteiger charge is 2.25. The molecular formula is C20H32ClN5S. The molecule has 1 saturated carbocycles. The first kappa shape index (κ1) is 20.6. The van der Waals surface area contributed by atoms with Gasteiger partial charge in [-0.1, -0.05) is 17.7 Å². The van der Waals surface area contributed by atoms with Gasteiger partial charge in [-0.3, -0.25) is 4.99 Å². The molecule has 7 heteroatoms. The van der Waals surface area contributed by atoms with Gasteiger partial charge in [0.05, 0.1) is 0 Å². The molecule has 1 aliphatic heterocycles. The van der Waals surface area contributed by atoms with Gasteiger partial charge in [0.1, 0.15) is 0 Å². The van der Waals surface area contributed by atoms with Crippen molar-refractivity contribution in [2.24, 2.45) is 4.99 Å². The van der Waals surface area contributed by atoms with Crippen molar-refractivity contribution in [2.45, 2.75) is 37.1 Å². The van der Waals surface area contributed by atoms with Crippen molar-refractivity contribution in [3.63, 3.8) is 0 Å². The minimum Gasteiger partial charge on any atom is -0.369 e. The van der Waals surface area contributed by atoms with Gasteiger partial charge in [0.25, 0.3) is 0 Å². The maximum absolute atomic E-state index is 6.57. The van der Waals surface area contributed by atoms with Gasteiger partial charge < -0.3 is 20.4 Å². The van der Waals surface area contributed by atoms with Crippen LogP contribution in [0.25, 0.3) is 0 Å². The average molecular weight is 410 g/mol. The van der Waals surface area contributed by atoms with Gasteiger partial charge in [-0.05, 0) is 44.7 Å². The van der Waals surface area contributed by atoms with E-state index in [4.69, 9.17) is 11.6 Å². The molecule has 0 radical (unpaired) electrons. The monoisotopic (exact) mass is 409 g/mol. The van der Waals surface area contributed by atoms with Gasteiger partial charge in [0, 0.05) is 67.3 Å². The van der Waals surface area contributed by atoms with E-state index in [-0.39, 0.29) is 0 Å². The van der Waals surface area contributed by atoms with E-state index in [2.05, 4.69) is 44.8 Å². The summed E-state index contributed by atoms with van der Waals surface area (Å²) in [5, 5.41) is 8.66. The molecule has 1 heterocycles. The SMILES string of the molecule is CN=C(NCc1c(Cl)cccc1N1CCN(C)CC1)NC1CCC(SC)C1. The zero-order chi connectivity index (χ0) is 19.2. The number of aliphatic imine (C=N–C) groups is 1. The summed E-state index contributed by atoms with van der Waals surface area (Å²) in [6, 6.07) is 6.73. The van der Waals surface area contributed by atoms with Crippen LogP contribution in [0.3, 0.4) is 0 Å². The minimum atomic E-state index is 0.511. The molecule has 2 N–H and O–H groups in total. The maximum atomic E-state index is 6.57. The van der Waals surface area contributed by atoms with Gasteiger partial charge in [-0.15, -0.1) is 0 Å². The van der Waals surface area contributed by atoms with E-state index in [9.17, 15) is 0 Å². The highest BCUT2D eigenvalue weighted by Crippen LogP contribution is 2.29. The fourth-order valence-electron chi connectivity index (χ4n) is 3.91. The Labute approximate surface area is 172 Å². The van der Waals surface area contributed by atoms with E-state index in [1.54, 1.807) is 0 Å². The number of hydrogen-bond donors (Lipinski definition) is 2. The molecule has 1 aromatic carbocycles. The van der Waals surface area contributed by atoms with Gasteiger partial charge in [0.2, 0.25) is 0 Å². The summed E-state index contributed by atoms with van der Waals surface area (Å²) >= 11 is 8.55. The van der Waals surface area contributed by atoms with Crippen LogP contribution in [0.5, 0.6) is 0 Å². The number of piperazine rings is 1. The number of nitrogens with zero attached hydrogens (tertiary/aromatic N) is 3. The smallest absolute Gasteiger partial charge is 0.191 e. The normalized spacial score (nSPS) is 24.3. The van der Waals surface area contributed by atoms with Gasteiger partial charge in [-0.2, -0.15) is 11.8 Å². The van der Waals surface area contributed by atoms with Crippen molar-refractivity contribution in [3.05, 3.63) is 28.8 Å². The number of likely N-dealkylation sites (N-methyl/N-ethyl adjacent to an activating group) is 1. The van der Waals surface area contributed by atoms with Crippen LogP contribution in [0.1, 0.15) is 24.8 Å². The number of thioether (sulfide) groups is 1. The number of anilines is 1. The Bertz CT molecular complexity index is 645. The summed E-state index contributed by atoms with van der Waals surface area (Å²) in [7, 11) is 4.02. The van der Waals surface area contributed by atoms with Crippen LogP contribution in [-0.2, 0) is 6.54 Å². The molecule has 3 rings (SSSR count). The van der Waals surface area contributed by atoms with E-state index in [1.165, 1.54) is 24.9 Å². The van der Waals surface area contributed by atoms with Gasteiger partial charge >= 0.3 is 0 Å². The van der Waals surface area contributed by atoms with Crippen LogP contribution >= 0.6 is 23.4 Å². The van der Waals surface area contributed by atoms with Crippen molar-refractivity contribution >= 4 is 35.0 Å². The lowest BCUT2D eigenvalue weighted by Crippen LogP contribution is -2.45. The van der Waals surface area contributed by atoms with E-state index in [0.29, 0.717) is 12.6 Å². The van der Waals surface area contributed by atoms with Crippen LogP contribution < -0.4 is 15.5 Å². The first-order chi connectivity index (χ1) is 13.1. The lowest BCUT2D eigenvalue weighted by molar-refractivity contribution is 0.312. The highest BCUT2D eigenvalue weighted by molar-refractivity contribution is 7.99. The Morgan fingerprint density at radius 3 is 2.70 bits per heavy atom. The predicted molar refractivity (Wildman–Crippen MR) is 119 cm³/mol. The summed E-state index contributed by atoms with van der Waals surface area (Å²) in [6.07, 6.45) is 5.91. The average Bonchev–Trinajstić information content (AvgIpc) is 3.14. The number of halogens is 1. The van der Waals surface area contributed by atoms with Gasteiger partial charge in [0.15, 0.2) is 5.96 Å². The van der Waals surface area contributed by atoms with E-state index in [0.717, 1.165) is 48.0 Å². The molecule has 27 heavy (non-hydrogen) atoms. The molecule has 0 amide bonds. The van der Waals surface area contributed by atoms with E-state index in [1.807, 2.05) is 30.9 Å². The summed E-state index contributed by atoms with van der Waals surface area (Å²) < 4.78 is 0. The Hall–Kier alpha value is -1.11.